The third-order valence-corrected chi connectivity index (χ3v) is 7.03. The molecule has 0 bridgehead atoms. The first-order valence-electron chi connectivity index (χ1n) is 7.42. The van der Waals surface area contributed by atoms with Crippen LogP contribution in [0.4, 0.5) is 0 Å². The molecule has 3 aliphatic heterocycles. The molecule has 0 aromatic heterocycles. The average molecular weight is 358 g/mol. The van der Waals surface area contributed by atoms with E-state index in [-0.39, 0.29) is 37.9 Å². The number of carbonyl (C=O) groups is 1. The molecule has 1 amide bonds. The molecule has 4 nitrogen and oxygen atoms in total. The van der Waals surface area contributed by atoms with E-state index >= 15 is 0 Å². The van der Waals surface area contributed by atoms with Crippen LogP contribution in [0.5, 0.6) is 0 Å². The van der Waals surface area contributed by atoms with Gasteiger partial charge >= 0.3 is 135 Å². The molecule has 0 radical (unpaired) electrons. The summed E-state index contributed by atoms with van der Waals surface area (Å²) in [6.45, 7) is 5.94. The van der Waals surface area contributed by atoms with Crippen molar-refractivity contribution in [2.75, 3.05) is 0 Å². The Bertz CT molecular complexity index is 827. The fraction of sp³-hybridized carbons (Fsp3) is 0.294. The fourth-order valence-corrected chi connectivity index (χ4v) is 6.21. The number of para-hydroxylation sites is 1. The molecule has 112 valence electrons. The van der Waals surface area contributed by atoms with E-state index in [2.05, 4.69) is 42.3 Å². The first-order valence-corrected chi connectivity index (χ1v) is 9.26. The molecule has 22 heavy (non-hydrogen) atoms. The second kappa shape index (κ2) is 5.11. The molecule has 0 aliphatic carbocycles. The van der Waals surface area contributed by atoms with Crippen LogP contribution in [-0.4, -0.2) is 32.0 Å². The zero-order valence-corrected chi connectivity index (χ0v) is 14.0. The molecule has 3 unspecified atom stereocenters. The molecular formula is C17H17N3OSe. The number of benzene rings is 1. The summed E-state index contributed by atoms with van der Waals surface area (Å²) in [5.41, 5.74) is 2.42. The topological polar surface area (TPSA) is 53.5 Å². The summed E-state index contributed by atoms with van der Waals surface area (Å²) in [5, 5.41) is 8.81. The summed E-state index contributed by atoms with van der Waals surface area (Å²) in [7, 11) is 0. The molecule has 3 aliphatic rings. The molecule has 0 fully saturated rings. The third kappa shape index (κ3) is 1.97. The van der Waals surface area contributed by atoms with Crippen LogP contribution in [0.2, 0.25) is 0 Å². The van der Waals surface area contributed by atoms with E-state index in [1.54, 1.807) is 0 Å². The van der Waals surface area contributed by atoms with E-state index < -0.39 is 0 Å². The number of nitrogens with one attached hydrogen (secondary N) is 2. The normalized spacial score (nSPS) is 28.9. The molecule has 0 saturated carbocycles. The number of fused-ring (bicyclic) bond motifs is 3. The zero-order chi connectivity index (χ0) is 15.3. The van der Waals surface area contributed by atoms with Gasteiger partial charge in [-0.2, -0.15) is 0 Å². The Hall–Kier alpha value is -1.84. The Labute approximate surface area is 135 Å². The molecule has 0 saturated heterocycles. The van der Waals surface area contributed by atoms with Crippen LogP contribution in [0.25, 0.3) is 5.57 Å². The number of nitrogens with zero attached hydrogens (tertiary/aromatic N) is 1. The van der Waals surface area contributed by atoms with Crippen LogP contribution in [-0.2, 0) is 4.79 Å². The summed E-state index contributed by atoms with van der Waals surface area (Å²) in [5.74, 6) is 0.297. The molecule has 5 heteroatoms. The van der Waals surface area contributed by atoms with Gasteiger partial charge in [0.15, 0.2) is 0 Å². The minimum absolute atomic E-state index is 0.0525. The Morgan fingerprint density at radius 1 is 1.36 bits per heavy atom. The van der Waals surface area contributed by atoms with Crippen molar-refractivity contribution in [1.82, 2.24) is 10.6 Å². The number of hydrogen-bond acceptors (Lipinski definition) is 3. The molecular weight excluding hydrogens is 341 g/mol. The fourth-order valence-electron chi connectivity index (χ4n) is 3.35. The van der Waals surface area contributed by atoms with Gasteiger partial charge in [-0.15, -0.1) is 0 Å². The molecule has 2 N–H and O–H groups in total. The Balaban J connectivity index is 1.82. The molecule has 0 spiro atoms. The number of hydrogen-bond donors (Lipinski definition) is 2. The van der Waals surface area contributed by atoms with E-state index in [1.165, 1.54) is 10.8 Å². The van der Waals surface area contributed by atoms with Crippen LogP contribution in [0.3, 0.4) is 0 Å². The van der Waals surface area contributed by atoms with Crippen molar-refractivity contribution in [2.45, 2.75) is 24.5 Å². The number of amides is 1. The van der Waals surface area contributed by atoms with Gasteiger partial charge in [0.25, 0.3) is 0 Å². The van der Waals surface area contributed by atoms with Crippen molar-refractivity contribution in [1.29, 1.82) is 0 Å². The first kappa shape index (κ1) is 13.8. The predicted octanol–water partition coefficient (Wildman–Crippen LogP) is -0.0163. The van der Waals surface area contributed by atoms with E-state index in [1.807, 2.05) is 12.1 Å². The number of carbonyl (C=O) groups excluding carboxylic acids is 1. The summed E-state index contributed by atoms with van der Waals surface area (Å²) >= 11 is 0.0744. The van der Waals surface area contributed by atoms with Crippen LogP contribution >= 0.6 is 0 Å². The Morgan fingerprint density at radius 2 is 2.18 bits per heavy atom. The van der Waals surface area contributed by atoms with E-state index in [9.17, 15) is 4.79 Å². The molecule has 4 rings (SSSR count). The SMILES string of the molecule is C=CCC1NC(=O)C2=C(N1)C1C(C)=c3ccccc3=NC1[Se]2. The van der Waals surface area contributed by atoms with Crippen LogP contribution in [0, 0.1) is 5.92 Å². The summed E-state index contributed by atoms with van der Waals surface area (Å²) < 4.78 is 0.929. The van der Waals surface area contributed by atoms with Crippen molar-refractivity contribution in [3.8, 4) is 0 Å². The maximum atomic E-state index is 12.4. The van der Waals surface area contributed by atoms with Crippen LogP contribution in [0.1, 0.15) is 13.3 Å². The second-order valence-electron chi connectivity index (χ2n) is 5.75. The average Bonchev–Trinajstić information content (AvgIpc) is 2.87. The van der Waals surface area contributed by atoms with E-state index in [0.29, 0.717) is 0 Å². The predicted molar refractivity (Wildman–Crippen MR) is 86.2 cm³/mol. The van der Waals surface area contributed by atoms with Crippen molar-refractivity contribution in [3.05, 3.63) is 57.7 Å². The molecule has 1 aromatic rings. The van der Waals surface area contributed by atoms with Gasteiger partial charge < -0.3 is 0 Å². The molecule has 1 aromatic carbocycles. The standard InChI is InChI=1S/C17H17N3OSe/c1-3-6-12-19-14-13-9(2)10-7-4-5-8-11(10)18-17(13)22-15(14)16(21)20-12/h3-5,7-8,12-13,17,19H,1,6H2,2H3,(H,20,21). The van der Waals surface area contributed by atoms with E-state index in [0.717, 1.165) is 21.9 Å². The van der Waals surface area contributed by atoms with Gasteiger partial charge in [-0.3, -0.25) is 0 Å². The second-order valence-corrected chi connectivity index (χ2v) is 8.12. The Morgan fingerprint density at radius 3 is 3.00 bits per heavy atom. The maximum absolute atomic E-state index is 12.4. The summed E-state index contributed by atoms with van der Waals surface area (Å²) in [6, 6.07) is 8.27. The van der Waals surface area contributed by atoms with Crippen molar-refractivity contribution < 1.29 is 4.79 Å². The monoisotopic (exact) mass is 359 g/mol. The van der Waals surface area contributed by atoms with Crippen molar-refractivity contribution >= 4 is 26.4 Å². The molecule has 3 heterocycles. The number of rotatable bonds is 2. The zero-order valence-electron chi connectivity index (χ0n) is 12.3. The van der Waals surface area contributed by atoms with Crippen molar-refractivity contribution in [2.24, 2.45) is 10.9 Å². The van der Waals surface area contributed by atoms with Gasteiger partial charge in [-0.25, -0.2) is 0 Å². The van der Waals surface area contributed by atoms with Crippen LogP contribution < -0.4 is 21.2 Å². The van der Waals surface area contributed by atoms with Gasteiger partial charge in [0, 0.05) is 0 Å². The summed E-state index contributed by atoms with van der Waals surface area (Å²) in [4.78, 5) is 17.5. The molecule has 3 atom stereocenters. The summed E-state index contributed by atoms with van der Waals surface area (Å²) in [6.07, 6.45) is 2.50. The van der Waals surface area contributed by atoms with Crippen LogP contribution in [0.15, 0.2) is 52.1 Å². The first-order chi connectivity index (χ1) is 10.7. The minimum atomic E-state index is -0.0525. The van der Waals surface area contributed by atoms with Gasteiger partial charge in [0.05, 0.1) is 0 Å². The van der Waals surface area contributed by atoms with Gasteiger partial charge in [0.2, 0.25) is 0 Å². The van der Waals surface area contributed by atoms with Gasteiger partial charge in [0.1, 0.15) is 0 Å². The van der Waals surface area contributed by atoms with Crippen molar-refractivity contribution in [3.63, 3.8) is 0 Å². The van der Waals surface area contributed by atoms with E-state index in [4.69, 9.17) is 4.99 Å². The third-order valence-electron chi connectivity index (χ3n) is 4.38. The quantitative estimate of drug-likeness (QED) is 0.577. The van der Waals surface area contributed by atoms with Gasteiger partial charge in [-0.1, -0.05) is 0 Å². The van der Waals surface area contributed by atoms with Gasteiger partial charge in [-0.05, 0) is 0 Å². The Kier molecular flexibility index (Phi) is 3.21.